The highest BCUT2D eigenvalue weighted by Crippen LogP contribution is 2.44. The number of nitrogens with one attached hydrogen (secondary N) is 5. The summed E-state index contributed by atoms with van der Waals surface area (Å²) in [5.41, 5.74) is 4.59. The second kappa shape index (κ2) is 9.01. The van der Waals surface area contributed by atoms with Crippen LogP contribution < -0.4 is 31.3 Å². The van der Waals surface area contributed by atoms with Gasteiger partial charge < -0.3 is 20.7 Å². The Morgan fingerprint density at radius 3 is 2.96 bits per heavy atom. The fourth-order valence-electron chi connectivity index (χ4n) is 4.37. The van der Waals surface area contributed by atoms with Gasteiger partial charge in [0, 0.05) is 18.2 Å². The van der Waals surface area contributed by atoms with Crippen LogP contribution in [-0.4, -0.2) is 45.2 Å². The minimum atomic E-state index is -0.0427. The molecule has 4 rings (SSSR count). The average Bonchev–Trinajstić information content (AvgIpc) is 2.97. The van der Waals surface area contributed by atoms with Crippen LogP contribution in [0.15, 0.2) is 12.1 Å². The van der Waals surface area contributed by atoms with Crippen LogP contribution in [0.25, 0.3) is 5.57 Å². The van der Waals surface area contributed by atoms with Crippen LogP contribution in [0.5, 0.6) is 5.75 Å². The van der Waals surface area contributed by atoms with Crippen molar-refractivity contribution in [3.05, 3.63) is 28.3 Å². The monoisotopic (exact) mass is 405 g/mol. The first-order valence-electron chi connectivity index (χ1n) is 10.5. The van der Waals surface area contributed by atoms with E-state index >= 15 is 0 Å². The average molecular weight is 406 g/mol. The molecule has 6 nitrogen and oxygen atoms in total. The largest absolute Gasteiger partial charge is 0.493 e. The number of hydrogen-bond donors (Lipinski definition) is 5. The molecule has 1 aromatic rings. The third kappa shape index (κ3) is 4.31. The summed E-state index contributed by atoms with van der Waals surface area (Å²) in [6.45, 7) is 4.89. The molecule has 0 saturated carbocycles. The molecule has 0 amide bonds. The van der Waals surface area contributed by atoms with E-state index in [0.717, 1.165) is 73.8 Å². The number of aryl methyl sites for hydroxylation is 1. The van der Waals surface area contributed by atoms with Gasteiger partial charge in [-0.1, -0.05) is 17.7 Å². The summed E-state index contributed by atoms with van der Waals surface area (Å²) in [6.07, 6.45) is 7.74. The normalized spacial score (nSPS) is 28.0. The van der Waals surface area contributed by atoms with Gasteiger partial charge in [0.2, 0.25) is 0 Å². The van der Waals surface area contributed by atoms with Crippen molar-refractivity contribution in [2.45, 2.75) is 57.5 Å². The topological polar surface area (TPSA) is 69.4 Å². The number of ether oxygens (including phenoxy) is 1. The van der Waals surface area contributed by atoms with Crippen LogP contribution in [0.3, 0.4) is 0 Å². The summed E-state index contributed by atoms with van der Waals surface area (Å²) in [4.78, 5) is 0. The van der Waals surface area contributed by atoms with Crippen LogP contribution in [0.1, 0.15) is 43.7 Å². The van der Waals surface area contributed by atoms with Gasteiger partial charge in [0.15, 0.2) is 0 Å². The van der Waals surface area contributed by atoms with E-state index in [1.54, 1.807) is 0 Å². The number of rotatable bonds is 4. The minimum Gasteiger partial charge on any atom is -0.493 e. The molecule has 1 aromatic carbocycles. The van der Waals surface area contributed by atoms with Gasteiger partial charge >= 0.3 is 0 Å². The molecule has 1 saturated heterocycles. The zero-order valence-electron chi connectivity index (χ0n) is 16.8. The smallest absolute Gasteiger partial charge is 0.133 e. The molecular weight excluding hydrogens is 374 g/mol. The van der Waals surface area contributed by atoms with Gasteiger partial charge in [0.05, 0.1) is 23.5 Å². The second-order valence-electron chi connectivity index (χ2n) is 7.98. The summed E-state index contributed by atoms with van der Waals surface area (Å²) in [7, 11) is 1.99. The molecule has 3 atom stereocenters. The van der Waals surface area contributed by atoms with Crippen LogP contribution in [-0.2, 0) is 6.42 Å². The van der Waals surface area contributed by atoms with E-state index in [-0.39, 0.29) is 12.5 Å². The first-order chi connectivity index (χ1) is 13.7. The molecular formula is C21H32ClN5O. The number of benzene rings is 1. The summed E-state index contributed by atoms with van der Waals surface area (Å²) in [5, 5.41) is 18.2. The Bertz CT molecular complexity index is 738. The molecule has 0 bridgehead atoms. The number of anilines is 1. The van der Waals surface area contributed by atoms with Gasteiger partial charge in [-0.15, -0.1) is 0 Å². The lowest BCUT2D eigenvalue weighted by Gasteiger charge is -2.37. The number of fused-ring (bicyclic) bond motifs is 1. The van der Waals surface area contributed by atoms with E-state index in [1.165, 1.54) is 11.1 Å². The Balaban J connectivity index is 1.68. The maximum atomic E-state index is 6.98. The van der Waals surface area contributed by atoms with Crippen molar-refractivity contribution in [1.82, 2.24) is 21.3 Å². The Hall–Kier alpha value is -1.31. The van der Waals surface area contributed by atoms with Crippen molar-refractivity contribution in [1.29, 1.82) is 0 Å². The predicted molar refractivity (Wildman–Crippen MR) is 116 cm³/mol. The van der Waals surface area contributed by atoms with E-state index in [1.807, 2.05) is 7.05 Å². The van der Waals surface area contributed by atoms with Crippen LogP contribution in [0.4, 0.5) is 5.69 Å². The quantitative estimate of drug-likeness (QED) is 0.530. The molecule has 3 unspecified atom stereocenters. The van der Waals surface area contributed by atoms with E-state index in [4.69, 9.17) is 16.3 Å². The highest BCUT2D eigenvalue weighted by atomic mass is 35.5. The Morgan fingerprint density at radius 2 is 2.11 bits per heavy atom. The van der Waals surface area contributed by atoms with Gasteiger partial charge in [0.1, 0.15) is 12.0 Å². The predicted octanol–water partition coefficient (Wildman–Crippen LogP) is 2.64. The molecule has 0 aromatic heterocycles. The maximum Gasteiger partial charge on any atom is 0.133 e. The van der Waals surface area contributed by atoms with Crippen LogP contribution in [0.2, 0.25) is 5.02 Å². The Labute approximate surface area is 172 Å². The Kier molecular flexibility index (Phi) is 6.43. The summed E-state index contributed by atoms with van der Waals surface area (Å²) >= 11 is 6.98. The molecule has 7 heteroatoms. The summed E-state index contributed by atoms with van der Waals surface area (Å²) < 4.78 is 6.11. The third-order valence-corrected chi connectivity index (χ3v) is 6.19. The SMILES string of the molecule is CNC1CC(C)NC(Nc2cc3c(c(C4=CCNCCC4)c2Cl)OCCC3)N1. The molecule has 0 radical (unpaired) electrons. The van der Waals surface area contributed by atoms with E-state index in [2.05, 4.69) is 45.7 Å². The molecule has 1 fully saturated rings. The molecule has 28 heavy (non-hydrogen) atoms. The van der Waals surface area contributed by atoms with Crippen molar-refractivity contribution < 1.29 is 4.74 Å². The van der Waals surface area contributed by atoms with Crippen molar-refractivity contribution >= 4 is 22.9 Å². The van der Waals surface area contributed by atoms with E-state index < -0.39 is 0 Å². The molecule has 5 N–H and O–H groups in total. The molecule has 0 aliphatic carbocycles. The lowest BCUT2D eigenvalue weighted by atomic mass is 9.94. The Morgan fingerprint density at radius 1 is 1.21 bits per heavy atom. The van der Waals surface area contributed by atoms with Crippen LogP contribution in [0, 0.1) is 0 Å². The highest BCUT2D eigenvalue weighted by Gasteiger charge is 2.27. The van der Waals surface area contributed by atoms with Gasteiger partial charge in [-0.2, -0.15) is 0 Å². The molecule has 3 aliphatic rings. The second-order valence-corrected chi connectivity index (χ2v) is 8.36. The van der Waals surface area contributed by atoms with Crippen molar-refractivity contribution in [2.24, 2.45) is 0 Å². The summed E-state index contributed by atoms with van der Waals surface area (Å²) in [5.74, 6) is 0.987. The highest BCUT2D eigenvalue weighted by molar-refractivity contribution is 6.35. The van der Waals surface area contributed by atoms with Gasteiger partial charge in [0.25, 0.3) is 0 Å². The molecule has 3 aliphatic heterocycles. The standard InChI is InChI=1S/C21H32ClN5O/c1-13-11-17(23-2)27-21(25-13)26-16-12-15-6-4-10-28-20(15)18(19(16)22)14-5-3-8-24-9-7-14/h7,12-13,17,21,23-27H,3-6,8-11H2,1-2H3. The lowest BCUT2D eigenvalue weighted by molar-refractivity contribution is 0.249. The van der Waals surface area contributed by atoms with Gasteiger partial charge in [-0.05, 0) is 69.8 Å². The van der Waals surface area contributed by atoms with Gasteiger partial charge in [-0.3, -0.25) is 10.6 Å². The first-order valence-corrected chi connectivity index (χ1v) is 10.9. The number of halogens is 1. The molecule has 0 spiro atoms. The maximum absolute atomic E-state index is 6.98. The zero-order valence-corrected chi connectivity index (χ0v) is 17.6. The molecule has 3 heterocycles. The van der Waals surface area contributed by atoms with E-state index in [0.29, 0.717) is 6.04 Å². The van der Waals surface area contributed by atoms with Crippen molar-refractivity contribution in [3.63, 3.8) is 0 Å². The molecule has 154 valence electrons. The minimum absolute atomic E-state index is 0.0427. The van der Waals surface area contributed by atoms with Crippen molar-refractivity contribution in [3.8, 4) is 5.75 Å². The summed E-state index contributed by atoms with van der Waals surface area (Å²) in [6, 6.07) is 2.58. The van der Waals surface area contributed by atoms with Crippen molar-refractivity contribution in [2.75, 3.05) is 32.1 Å². The van der Waals surface area contributed by atoms with E-state index in [9.17, 15) is 0 Å². The number of allylic oxidation sites excluding steroid dienone is 1. The van der Waals surface area contributed by atoms with Gasteiger partial charge in [-0.25, -0.2) is 0 Å². The number of hydrogen-bond acceptors (Lipinski definition) is 6. The van der Waals surface area contributed by atoms with Crippen LogP contribution >= 0.6 is 11.6 Å². The fraction of sp³-hybridized carbons (Fsp3) is 0.619. The fourth-order valence-corrected chi connectivity index (χ4v) is 4.69. The first kappa shape index (κ1) is 20.0. The zero-order chi connectivity index (χ0) is 19.5. The third-order valence-electron chi connectivity index (χ3n) is 5.80. The lowest BCUT2D eigenvalue weighted by Crippen LogP contribution is -2.63.